The number of nitrogens with zero attached hydrogens (tertiary/aromatic N) is 5. The van der Waals surface area contributed by atoms with E-state index in [1.807, 2.05) is 19.1 Å². The lowest BCUT2D eigenvalue weighted by atomic mass is 10.1. The van der Waals surface area contributed by atoms with Crippen molar-refractivity contribution in [3.63, 3.8) is 0 Å². The van der Waals surface area contributed by atoms with Gasteiger partial charge < -0.3 is 9.15 Å². The summed E-state index contributed by atoms with van der Waals surface area (Å²) in [6.07, 6.45) is 4.37. The summed E-state index contributed by atoms with van der Waals surface area (Å²) in [5, 5.41) is 8.37. The Labute approximate surface area is 152 Å². The number of aromatic nitrogens is 4. The van der Waals surface area contributed by atoms with Crippen molar-refractivity contribution in [3.8, 4) is 17.3 Å². The van der Waals surface area contributed by atoms with Crippen molar-refractivity contribution in [2.45, 2.75) is 25.8 Å². The van der Waals surface area contributed by atoms with Crippen LogP contribution in [-0.4, -0.2) is 45.3 Å². The van der Waals surface area contributed by atoms with Crippen molar-refractivity contribution in [1.29, 1.82) is 0 Å². The number of ether oxygens (including phenoxy) is 1. The summed E-state index contributed by atoms with van der Waals surface area (Å²) >= 11 is 0. The molecule has 2 aromatic heterocycles. The van der Waals surface area contributed by atoms with E-state index in [0.29, 0.717) is 17.5 Å². The fourth-order valence-corrected chi connectivity index (χ4v) is 3.17. The second-order valence-corrected chi connectivity index (χ2v) is 6.56. The van der Waals surface area contributed by atoms with Gasteiger partial charge in [-0.1, -0.05) is 12.1 Å². The Bertz CT molecular complexity index is 860. The van der Waals surface area contributed by atoms with Crippen LogP contribution in [0.4, 0.5) is 0 Å². The number of hydrogen-bond acceptors (Lipinski definition) is 7. The van der Waals surface area contributed by atoms with Gasteiger partial charge in [-0.3, -0.25) is 9.88 Å². The molecule has 1 saturated heterocycles. The molecule has 0 spiro atoms. The number of likely N-dealkylation sites (tertiary alicyclic amines) is 1. The van der Waals surface area contributed by atoms with E-state index in [-0.39, 0.29) is 5.92 Å². The zero-order valence-corrected chi connectivity index (χ0v) is 14.9. The van der Waals surface area contributed by atoms with Gasteiger partial charge in [0.25, 0.3) is 5.89 Å². The van der Waals surface area contributed by atoms with Crippen LogP contribution in [0.3, 0.4) is 0 Å². The highest BCUT2D eigenvalue weighted by Gasteiger charge is 2.28. The predicted octanol–water partition coefficient (Wildman–Crippen LogP) is 2.83. The van der Waals surface area contributed by atoms with Crippen LogP contribution in [-0.2, 0) is 6.54 Å². The van der Waals surface area contributed by atoms with Crippen LogP contribution in [0.5, 0.6) is 5.75 Å². The molecule has 0 amide bonds. The molecule has 7 nitrogen and oxygen atoms in total. The van der Waals surface area contributed by atoms with E-state index in [4.69, 9.17) is 9.15 Å². The Morgan fingerprint density at radius 3 is 2.73 bits per heavy atom. The summed E-state index contributed by atoms with van der Waals surface area (Å²) in [7, 11) is 1.68. The standard InChI is InChI=1S/C19H21N5O2/c1-13-9-21-17(10-20-13)19-23-22-18(26-19)15-7-8-24(12-15)11-14-3-5-16(25-2)6-4-14/h3-6,9-10,15H,7-8,11-12H2,1-2H3/t15-/m1/s1. The molecule has 4 rings (SSSR count). The zero-order valence-electron chi connectivity index (χ0n) is 14.9. The first-order valence-electron chi connectivity index (χ1n) is 8.69. The molecule has 26 heavy (non-hydrogen) atoms. The molecule has 7 heteroatoms. The molecule has 1 atom stereocenters. The van der Waals surface area contributed by atoms with Crippen LogP contribution in [0.15, 0.2) is 41.1 Å². The first-order chi connectivity index (χ1) is 12.7. The smallest absolute Gasteiger partial charge is 0.267 e. The van der Waals surface area contributed by atoms with Gasteiger partial charge in [-0.15, -0.1) is 10.2 Å². The van der Waals surface area contributed by atoms with Crippen molar-refractivity contribution < 1.29 is 9.15 Å². The lowest BCUT2D eigenvalue weighted by Crippen LogP contribution is -2.19. The van der Waals surface area contributed by atoms with Crippen molar-refractivity contribution >= 4 is 0 Å². The minimum absolute atomic E-state index is 0.257. The Hall–Kier alpha value is -2.80. The van der Waals surface area contributed by atoms with Gasteiger partial charge in [-0.25, -0.2) is 4.98 Å². The van der Waals surface area contributed by atoms with Crippen LogP contribution < -0.4 is 4.74 Å². The minimum Gasteiger partial charge on any atom is -0.497 e. The Morgan fingerprint density at radius 2 is 2.00 bits per heavy atom. The molecule has 1 aliphatic rings. The van der Waals surface area contributed by atoms with Crippen molar-refractivity contribution in [2.24, 2.45) is 0 Å². The molecule has 3 aromatic rings. The van der Waals surface area contributed by atoms with Gasteiger partial charge in [0.15, 0.2) is 0 Å². The predicted molar refractivity (Wildman–Crippen MR) is 95.7 cm³/mol. The average Bonchev–Trinajstić information content (AvgIpc) is 3.32. The van der Waals surface area contributed by atoms with E-state index in [0.717, 1.165) is 37.5 Å². The Balaban J connectivity index is 1.40. The average molecular weight is 351 g/mol. The second kappa shape index (κ2) is 7.21. The second-order valence-electron chi connectivity index (χ2n) is 6.56. The van der Waals surface area contributed by atoms with E-state index in [2.05, 4.69) is 37.2 Å². The van der Waals surface area contributed by atoms with Gasteiger partial charge in [0.2, 0.25) is 5.89 Å². The van der Waals surface area contributed by atoms with Crippen LogP contribution in [0.25, 0.3) is 11.6 Å². The maximum Gasteiger partial charge on any atom is 0.267 e. The molecule has 0 radical (unpaired) electrons. The van der Waals surface area contributed by atoms with Crippen LogP contribution in [0.1, 0.15) is 29.5 Å². The molecule has 3 heterocycles. The van der Waals surface area contributed by atoms with Gasteiger partial charge in [-0.05, 0) is 37.6 Å². The van der Waals surface area contributed by atoms with Crippen LogP contribution in [0, 0.1) is 6.92 Å². The Morgan fingerprint density at radius 1 is 1.15 bits per heavy atom. The normalized spacial score (nSPS) is 17.5. The number of hydrogen-bond donors (Lipinski definition) is 0. The minimum atomic E-state index is 0.257. The van der Waals surface area contributed by atoms with Gasteiger partial charge in [0.05, 0.1) is 24.9 Å². The molecular weight excluding hydrogens is 330 g/mol. The lowest BCUT2D eigenvalue weighted by Gasteiger charge is -2.15. The van der Waals surface area contributed by atoms with E-state index in [1.54, 1.807) is 19.5 Å². The molecule has 0 aliphatic carbocycles. The summed E-state index contributed by atoms with van der Waals surface area (Å²) in [4.78, 5) is 10.9. The van der Waals surface area contributed by atoms with E-state index in [9.17, 15) is 0 Å². The van der Waals surface area contributed by atoms with Crippen molar-refractivity contribution in [2.75, 3.05) is 20.2 Å². The molecule has 134 valence electrons. The highest BCUT2D eigenvalue weighted by molar-refractivity contribution is 5.43. The zero-order chi connectivity index (χ0) is 17.9. The SMILES string of the molecule is COc1ccc(CN2CC[C@@H](c3nnc(-c4cnc(C)cn4)o3)C2)cc1. The van der Waals surface area contributed by atoms with Gasteiger partial charge in [0.1, 0.15) is 11.4 Å². The molecule has 1 fully saturated rings. The third kappa shape index (κ3) is 3.57. The fourth-order valence-electron chi connectivity index (χ4n) is 3.17. The van der Waals surface area contributed by atoms with Gasteiger partial charge in [0, 0.05) is 19.3 Å². The maximum absolute atomic E-state index is 5.85. The summed E-state index contributed by atoms with van der Waals surface area (Å²) in [5.41, 5.74) is 2.74. The largest absolute Gasteiger partial charge is 0.497 e. The van der Waals surface area contributed by atoms with Crippen LogP contribution >= 0.6 is 0 Å². The van der Waals surface area contributed by atoms with E-state index < -0.39 is 0 Å². The van der Waals surface area contributed by atoms with Gasteiger partial charge in [-0.2, -0.15) is 0 Å². The first-order valence-corrected chi connectivity index (χ1v) is 8.69. The number of rotatable bonds is 5. The molecule has 1 aromatic carbocycles. The lowest BCUT2D eigenvalue weighted by molar-refractivity contribution is 0.320. The first kappa shape index (κ1) is 16.7. The highest BCUT2D eigenvalue weighted by Crippen LogP contribution is 2.29. The fraction of sp³-hybridized carbons (Fsp3) is 0.368. The summed E-state index contributed by atoms with van der Waals surface area (Å²) in [5.74, 6) is 2.25. The molecular formula is C19H21N5O2. The van der Waals surface area contributed by atoms with E-state index >= 15 is 0 Å². The molecule has 0 saturated carbocycles. The summed E-state index contributed by atoms with van der Waals surface area (Å²) < 4.78 is 11.1. The maximum atomic E-state index is 5.85. The number of aryl methyl sites for hydroxylation is 1. The monoisotopic (exact) mass is 351 g/mol. The quantitative estimate of drug-likeness (QED) is 0.699. The third-order valence-corrected chi connectivity index (χ3v) is 4.63. The molecule has 0 N–H and O–H groups in total. The van der Waals surface area contributed by atoms with Crippen LogP contribution in [0.2, 0.25) is 0 Å². The highest BCUT2D eigenvalue weighted by atomic mass is 16.5. The van der Waals surface area contributed by atoms with E-state index in [1.165, 1.54) is 5.56 Å². The third-order valence-electron chi connectivity index (χ3n) is 4.63. The molecule has 1 aliphatic heterocycles. The Kier molecular flexibility index (Phi) is 4.62. The van der Waals surface area contributed by atoms with Crippen molar-refractivity contribution in [1.82, 2.24) is 25.1 Å². The van der Waals surface area contributed by atoms with Gasteiger partial charge >= 0.3 is 0 Å². The molecule has 0 unspecified atom stereocenters. The number of methoxy groups -OCH3 is 1. The van der Waals surface area contributed by atoms with Crippen molar-refractivity contribution in [3.05, 3.63) is 53.8 Å². The number of benzene rings is 1. The topological polar surface area (TPSA) is 77.2 Å². The summed E-state index contributed by atoms with van der Waals surface area (Å²) in [6, 6.07) is 8.20. The molecule has 0 bridgehead atoms. The summed E-state index contributed by atoms with van der Waals surface area (Å²) in [6.45, 7) is 4.73.